The lowest BCUT2D eigenvalue weighted by Crippen LogP contribution is -2.30. The average Bonchev–Trinajstić information content (AvgIpc) is 2.85. The number of carbonyl (C=O) groups excluding carboxylic acids is 1. The molecule has 0 bridgehead atoms. The zero-order chi connectivity index (χ0) is 13.9. The number of ether oxygens (including phenoxy) is 1. The zero-order valence-electron chi connectivity index (χ0n) is 10.9. The van der Waals surface area contributed by atoms with E-state index in [9.17, 15) is 4.79 Å². The Bertz CT molecular complexity index is 625. The van der Waals surface area contributed by atoms with Crippen LogP contribution in [0.3, 0.4) is 0 Å². The van der Waals surface area contributed by atoms with Crippen molar-refractivity contribution in [2.45, 2.75) is 17.4 Å². The highest BCUT2D eigenvalue weighted by Crippen LogP contribution is 2.31. The molecule has 20 heavy (non-hydrogen) atoms. The number of amides is 1. The van der Waals surface area contributed by atoms with Crippen LogP contribution in [-0.2, 0) is 11.2 Å². The van der Waals surface area contributed by atoms with Crippen LogP contribution in [0.1, 0.15) is 17.2 Å². The van der Waals surface area contributed by atoms with Crippen molar-refractivity contribution in [3.63, 3.8) is 0 Å². The summed E-state index contributed by atoms with van der Waals surface area (Å²) in [5.74, 6) is 0.861. The molecule has 4 heteroatoms. The fraction of sp³-hybridized carbons (Fsp3) is 0.188. The third-order valence-electron chi connectivity index (χ3n) is 3.34. The van der Waals surface area contributed by atoms with Crippen LogP contribution in [-0.4, -0.2) is 12.5 Å². The first-order valence-corrected chi connectivity index (χ1v) is 6.96. The van der Waals surface area contributed by atoms with Gasteiger partial charge in [0.1, 0.15) is 12.4 Å². The van der Waals surface area contributed by atoms with Gasteiger partial charge < -0.3 is 10.1 Å². The van der Waals surface area contributed by atoms with Gasteiger partial charge in [0, 0.05) is 10.5 Å². The van der Waals surface area contributed by atoms with Crippen LogP contribution in [0.15, 0.2) is 53.4 Å². The SMILES string of the molecule is O=C(Cc1ccc(S)cc1)NC1COc2ccccc21. The molecule has 0 aliphatic carbocycles. The highest BCUT2D eigenvalue weighted by Gasteiger charge is 2.24. The molecular formula is C16H15NO2S. The van der Waals surface area contributed by atoms with Gasteiger partial charge in [0.2, 0.25) is 5.91 Å². The van der Waals surface area contributed by atoms with E-state index in [1.165, 1.54) is 0 Å². The van der Waals surface area contributed by atoms with E-state index in [4.69, 9.17) is 4.74 Å². The van der Waals surface area contributed by atoms with Gasteiger partial charge >= 0.3 is 0 Å². The minimum Gasteiger partial charge on any atom is -0.491 e. The number of rotatable bonds is 3. The van der Waals surface area contributed by atoms with Gasteiger partial charge in [-0.3, -0.25) is 4.79 Å². The number of benzene rings is 2. The van der Waals surface area contributed by atoms with E-state index < -0.39 is 0 Å². The number of hydrogen-bond acceptors (Lipinski definition) is 3. The van der Waals surface area contributed by atoms with E-state index >= 15 is 0 Å². The van der Waals surface area contributed by atoms with Gasteiger partial charge in [0.25, 0.3) is 0 Å². The minimum atomic E-state index is -0.0529. The van der Waals surface area contributed by atoms with E-state index in [1.54, 1.807) is 0 Å². The third kappa shape index (κ3) is 2.80. The maximum Gasteiger partial charge on any atom is 0.225 e. The predicted molar refractivity (Wildman–Crippen MR) is 80.2 cm³/mol. The molecule has 1 heterocycles. The number of hydrogen-bond donors (Lipinski definition) is 2. The molecule has 1 atom stereocenters. The average molecular weight is 285 g/mol. The first-order valence-electron chi connectivity index (χ1n) is 6.51. The summed E-state index contributed by atoms with van der Waals surface area (Å²) in [6.45, 7) is 0.501. The van der Waals surface area contributed by atoms with Gasteiger partial charge in [-0.2, -0.15) is 0 Å². The highest BCUT2D eigenvalue weighted by molar-refractivity contribution is 7.80. The summed E-state index contributed by atoms with van der Waals surface area (Å²) in [5, 5.41) is 3.02. The Morgan fingerprint density at radius 3 is 2.75 bits per heavy atom. The molecule has 1 aliphatic heterocycles. The summed E-state index contributed by atoms with van der Waals surface area (Å²) in [6.07, 6.45) is 0.368. The number of carbonyl (C=O) groups is 1. The van der Waals surface area contributed by atoms with Crippen molar-refractivity contribution in [1.82, 2.24) is 5.32 Å². The summed E-state index contributed by atoms with van der Waals surface area (Å²) in [4.78, 5) is 13.0. The quantitative estimate of drug-likeness (QED) is 0.851. The van der Waals surface area contributed by atoms with Crippen LogP contribution in [0.25, 0.3) is 0 Å². The van der Waals surface area contributed by atoms with Gasteiger partial charge in [0.05, 0.1) is 12.5 Å². The minimum absolute atomic E-state index is 0.00205. The Morgan fingerprint density at radius 1 is 1.20 bits per heavy atom. The van der Waals surface area contributed by atoms with Crippen molar-refractivity contribution in [2.24, 2.45) is 0 Å². The molecule has 2 aromatic carbocycles. The lowest BCUT2D eigenvalue weighted by Gasteiger charge is -2.11. The van der Waals surface area contributed by atoms with Crippen LogP contribution >= 0.6 is 12.6 Å². The summed E-state index contributed by atoms with van der Waals surface area (Å²) in [6, 6.07) is 15.4. The number of nitrogens with one attached hydrogen (secondary N) is 1. The fourth-order valence-electron chi connectivity index (χ4n) is 2.33. The third-order valence-corrected chi connectivity index (χ3v) is 3.63. The van der Waals surface area contributed by atoms with Gasteiger partial charge in [-0.1, -0.05) is 30.3 Å². The van der Waals surface area contributed by atoms with Crippen LogP contribution in [0.4, 0.5) is 0 Å². The summed E-state index contributed by atoms with van der Waals surface area (Å²) in [5.41, 5.74) is 2.03. The second kappa shape index (κ2) is 5.59. The molecule has 2 aromatic rings. The maximum atomic E-state index is 12.1. The molecular weight excluding hydrogens is 270 g/mol. The monoisotopic (exact) mass is 285 g/mol. The molecule has 3 nitrogen and oxygen atoms in total. The Kier molecular flexibility index (Phi) is 3.65. The summed E-state index contributed by atoms with van der Waals surface area (Å²) >= 11 is 4.23. The molecule has 1 amide bonds. The molecule has 0 spiro atoms. The first-order chi connectivity index (χ1) is 9.72. The summed E-state index contributed by atoms with van der Waals surface area (Å²) < 4.78 is 5.55. The van der Waals surface area contributed by atoms with Crippen molar-refractivity contribution in [3.05, 3.63) is 59.7 Å². The van der Waals surface area contributed by atoms with Crippen molar-refractivity contribution >= 4 is 18.5 Å². The number of para-hydroxylation sites is 1. The number of thiol groups is 1. The van der Waals surface area contributed by atoms with E-state index in [2.05, 4.69) is 17.9 Å². The predicted octanol–water partition coefficient (Wildman–Crippen LogP) is 2.77. The second-order valence-electron chi connectivity index (χ2n) is 4.81. The van der Waals surface area contributed by atoms with Crippen molar-refractivity contribution in [1.29, 1.82) is 0 Å². The highest BCUT2D eigenvalue weighted by atomic mass is 32.1. The normalized spacial score (nSPS) is 16.4. The topological polar surface area (TPSA) is 38.3 Å². The van der Waals surface area contributed by atoms with E-state index in [0.717, 1.165) is 21.8 Å². The van der Waals surface area contributed by atoms with E-state index in [0.29, 0.717) is 13.0 Å². The molecule has 0 saturated heterocycles. The van der Waals surface area contributed by atoms with Gasteiger partial charge in [-0.25, -0.2) is 0 Å². The molecule has 0 fully saturated rings. The summed E-state index contributed by atoms with van der Waals surface area (Å²) in [7, 11) is 0. The van der Waals surface area contributed by atoms with Crippen LogP contribution < -0.4 is 10.1 Å². The molecule has 102 valence electrons. The first kappa shape index (κ1) is 13.1. The second-order valence-corrected chi connectivity index (χ2v) is 5.33. The van der Waals surface area contributed by atoms with Crippen LogP contribution in [0, 0.1) is 0 Å². The van der Waals surface area contributed by atoms with Gasteiger partial charge in [0.15, 0.2) is 0 Å². The maximum absolute atomic E-state index is 12.1. The van der Waals surface area contributed by atoms with Crippen LogP contribution in [0.2, 0.25) is 0 Å². The molecule has 1 N–H and O–H groups in total. The molecule has 1 aliphatic rings. The van der Waals surface area contributed by atoms with Gasteiger partial charge in [-0.05, 0) is 23.8 Å². The van der Waals surface area contributed by atoms with E-state index in [-0.39, 0.29) is 11.9 Å². The van der Waals surface area contributed by atoms with E-state index in [1.807, 2.05) is 48.5 Å². The Balaban J connectivity index is 1.64. The van der Waals surface area contributed by atoms with Crippen molar-refractivity contribution in [3.8, 4) is 5.75 Å². The molecule has 0 saturated carbocycles. The molecule has 0 radical (unpaired) electrons. The molecule has 3 rings (SSSR count). The zero-order valence-corrected chi connectivity index (χ0v) is 11.8. The Morgan fingerprint density at radius 2 is 1.95 bits per heavy atom. The Hall–Kier alpha value is -1.94. The lowest BCUT2D eigenvalue weighted by atomic mass is 10.1. The lowest BCUT2D eigenvalue weighted by molar-refractivity contribution is -0.121. The van der Waals surface area contributed by atoms with Gasteiger partial charge in [-0.15, -0.1) is 12.6 Å². The molecule has 1 unspecified atom stereocenters. The van der Waals surface area contributed by atoms with Crippen molar-refractivity contribution in [2.75, 3.05) is 6.61 Å². The fourth-order valence-corrected chi connectivity index (χ4v) is 2.48. The Labute approximate surface area is 123 Å². The largest absolute Gasteiger partial charge is 0.491 e. The standard InChI is InChI=1S/C16H15NO2S/c18-16(9-11-5-7-12(20)8-6-11)17-14-10-19-15-4-2-1-3-13(14)15/h1-8,14,20H,9-10H2,(H,17,18). The smallest absolute Gasteiger partial charge is 0.225 e. The van der Waals surface area contributed by atoms with Crippen LogP contribution in [0.5, 0.6) is 5.75 Å². The molecule has 0 aromatic heterocycles. The van der Waals surface area contributed by atoms with Crippen molar-refractivity contribution < 1.29 is 9.53 Å². The number of fused-ring (bicyclic) bond motifs is 1.